The third kappa shape index (κ3) is 7.80. The quantitative estimate of drug-likeness (QED) is 0.145. The van der Waals surface area contributed by atoms with Crippen molar-refractivity contribution in [2.24, 2.45) is 0 Å². The Morgan fingerprint density at radius 1 is 0.213 bits per heavy atom. The minimum atomic E-state index is 0.587. The zero-order valence-corrected chi connectivity index (χ0v) is 25.4. The van der Waals surface area contributed by atoms with Gasteiger partial charge >= 0.3 is 0 Å². The SMILES string of the molecule is c1ccc(Oc2cccc(Oc3cccc(-c4cccc(Oc5ccccc5Oc5cccc(Oc6ccccc6)c5)c4)c3)c2)cc1. The summed E-state index contributed by atoms with van der Waals surface area (Å²) in [4.78, 5) is 0. The highest BCUT2D eigenvalue weighted by atomic mass is 16.5. The van der Waals surface area contributed by atoms with E-state index in [1.54, 1.807) is 0 Å². The van der Waals surface area contributed by atoms with Crippen LogP contribution in [0.3, 0.4) is 0 Å². The Bertz CT molecular complexity index is 2080. The molecule has 7 aromatic carbocycles. The lowest BCUT2D eigenvalue weighted by Gasteiger charge is -2.14. The van der Waals surface area contributed by atoms with E-state index in [0.29, 0.717) is 46.0 Å². The number of rotatable bonds is 11. The van der Waals surface area contributed by atoms with Crippen LogP contribution in [-0.4, -0.2) is 0 Å². The second-order valence-corrected chi connectivity index (χ2v) is 10.6. The third-order valence-electron chi connectivity index (χ3n) is 7.11. The average Bonchev–Trinajstić information content (AvgIpc) is 3.11. The lowest BCUT2D eigenvalue weighted by atomic mass is 10.1. The number of benzene rings is 7. The van der Waals surface area contributed by atoms with Gasteiger partial charge in [-0.15, -0.1) is 0 Å². The van der Waals surface area contributed by atoms with E-state index < -0.39 is 0 Å². The van der Waals surface area contributed by atoms with Gasteiger partial charge in [-0.1, -0.05) is 84.9 Å². The monoisotopic (exact) mass is 614 g/mol. The first-order chi connectivity index (χ1) is 23.2. The van der Waals surface area contributed by atoms with Gasteiger partial charge in [-0.25, -0.2) is 0 Å². The van der Waals surface area contributed by atoms with Gasteiger partial charge in [0.15, 0.2) is 11.5 Å². The minimum absolute atomic E-state index is 0.587. The molecule has 0 heterocycles. The second kappa shape index (κ2) is 14.1. The van der Waals surface area contributed by atoms with Crippen molar-refractivity contribution < 1.29 is 23.7 Å². The van der Waals surface area contributed by atoms with Gasteiger partial charge in [0.1, 0.15) is 46.0 Å². The first-order valence-electron chi connectivity index (χ1n) is 15.2. The Balaban J connectivity index is 1.05. The van der Waals surface area contributed by atoms with Crippen molar-refractivity contribution in [2.45, 2.75) is 0 Å². The molecule has 0 atom stereocenters. The molecule has 228 valence electrons. The molecule has 0 N–H and O–H groups in total. The maximum atomic E-state index is 6.36. The molecule has 0 aliphatic rings. The van der Waals surface area contributed by atoms with Crippen LogP contribution in [0.15, 0.2) is 182 Å². The summed E-state index contributed by atoms with van der Waals surface area (Å²) in [6, 6.07) is 57.9. The van der Waals surface area contributed by atoms with E-state index >= 15 is 0 Å². The Hall–Kier alpha value is -6.46. The lowest BCUT2D eigenvalue weighted by molar-refractivity contribution is 0.415. The maximum absolute atomic E-state index is 6.36. The predicted molar refractivity (Wildman–Crippen MR) is 184 cm³/mol. The van der Waals surface area contributed by atoms with Gasteiger partial charge in [-0.05, 0) is 96.1 Å². The van der Waals surface area contributed by atoms with Gasteiger partial charge in [0.2, 0.25) is 0 Å². The van der Waals surface area contributed by atoms with Crippen LogP contribution in [0.2, 0.25) is 0 Å². The molecule has 0 aromatic heterocycles. The average molecular weight is 615 g/mol. The molecule has 5 heteroatoms. The summed E-state index contributed by atoms with van der Waals surface area (Å²) in [5, 5.41) is 0. The van der Waals surface area contributed by atoms with Crippen molar-refractivity contribution in [3.05, 3.63) is 182 Å². The first kappa shape index (κ1) is 29.3. The predicted octanol–water partition coefficient (Wildman–Crippen LogP) is 12.3. The number of para-hydroxylation sites is 4. The molecule has 47 heavy (non-hydrogen) atoms. The van der Waals surface area contributed by atoms with E-state index in [9.17, 15) is 0 Å². The standard InChI is InChI=1S/C42H30O5/c1-3-15-33(16-4-1)43-37-21-11-23-39(29-37)45-35-19-9-13-31(27-35)32-14-10-20-36(28-32)46-41-25-7-8-26-42(41)47-40-24-12-22-38(30-40)44-34-17-5-2-6-18-34/h1-30H. The second-order valence-electron chi connectivity index (χ2n) is 10.6. The largest absolute Gasteiger partial charge is 0.457 e. The maximum Gasteiger partial charge on any atom is 0.169 e. The van der Waals surface area contributed by atoms with Crippen LogP contribution in [-0.2, 0) is 0 Å². The molecule has 0 bridgehead atoms. The third-order valence-corrected chi connectivity index (χ3v) is 7.11. The van der Waals surface area contributed by atoms with Crippen LogP contribution >= 0.6 is 0 Å². The minimum Gasteiger partial charge on any atom is -0.457 e. The molecule has 0 saturated heterocycles. The summed E-state index contributed by atoms with van der Waals surface area (Å²) in [6.07, 6.45) is 0. The van der Waals surface area contributed by atoms with Crippen molar-refractivity contribution in [3.8, 4) is 68.6 Å². The molecular formula is C42H30O5. The Morgan fingerprint density at radius 3 is 0.957 bits per heavy atom. The Kier molecular flexibility index (Phi) is 8.78. The molecule has 0 unspecified atom stereocenters. The fourth-order valence-corrected chi connectivity index (χ4v) is 4.94. The van der Waals surface area contributed by atoms with Gasteiger partial charge in [0, 0.05) is 12.1 Å². The summed E-state index contributed by atoms with van der Waals surface area (Å²) in [7, 11) is 0. The summed E-state index contributed by atoms with van der Waals surface area (Å²) in [6.45, 7) is 0. The Labute approximate surface area is 273 Å². The van der Waals surface area contributed by atoms with Crippen LogP contribution in [0.5, 0.6) is 57.5 Å². The molecule has 0 aliphatic heterocycles. The molecule has 0 saturated carbocycles. The summed E-state index contributed by atoms with van der Waals surface area (Å²) in [5.74, 6) is 6.79. The van der Waals surface area contributed by atoms with Crippen LogP contribution in [0.25, 0.3) is 11.1 Å². The fourth-order valence-electron chi connectivity index (χ4n) is 4.94. The van der Waals surface area contributed by atoms with Crippen molar-refractivity contribution in [2.75, 3.05) is 0 Å². The zero-order chi connectivity index (χ0) is 31.7. The van der Waals surface area contributed by atoms with Gasteiger partial charge in [0.25, 0.3) is 0 Å². The number of hydrogen-bond acceptors (Lipinski definition) is 5. The smallest absolute Gasteiger partial charge is 0.169 e. The van der Waals surface area contributed by atoms with Crippen molar-refractivity contribution in [3.63, 3.8) is 0 Å². The first-order valence-corrected chi connectivity index (χ1v) is 15.2. The van der Waals surface area contributed by atoms with E-state index in [1.165, 1.54) is 0 Å². The molecule has 0 aliphatic carbocycles. The van der Waals surface area contributed by atoms with E-state index in [-0.39, 0.29) is 0 Å². The highest BCUT2D eigenvalue weighted by Gasteiger charge is 2.10. The molecule has 0 spiro atoms. The molecule has 0 fully saturated rings. The number of hydrogen-bond donors (Lipinski definition) is 0. The summed E-state index contributed by atoms with van der Waals surface area (Å²) < 4.78 is 30.8. The zero-order valence-electron chi connectivity index (χ0n) is 25.4. The van der Waals surface area contributed by atoms with E-state index in [2.05, 4.69) is 0 Å². The van der Waals surface area contributed by atoms with E-state index in [4.69, 9.17) is 23.7 Å². The fraction of sp³-hybridized carbons (Fsp3) is 0. The van der Waals surface area contributed by atoms with Gasteiger partial charge in [0.05, 0.1) is 0 Å². The molecule has 0 amide bonds. The lowest BCUT2D eigenvalue weighted by Crippen LogP contribution is -1.91. The van der Waals surface area contributed by atoms with Gasteiger partial charge < -0.3 is 23.7 Å². The van der Waals surface area contributed by atoms with Crippen molar-refractivity contribution >= 4 is 0 Å². The highest BCUT2D eigenvalue weighted by molar-refractivity contribution is 5.67. The van der Waals surface area contributed by atoms with Crippen molar-refractivity contribution in [1.82, 2.24) is 0 Å². The molecule has 0 radical (unpaired) electrons. The van der Waals surface area contributed by atoms with Gasteiger partial charge in [-0.3, -0.25) is 0 Å². The number of ether oxygens (including phenoxy) is 5. The molecule has 7 aromatic rings. The molecular weight excluding hydrogens is 584 g/mol. The molecule has 7 rings (SSSR count). The summed E-state index contributed by atoms with van der Waals surface area (Å²) >= 11 is 0. The van der Waals surface area contributed by atoms with Crippen LogP contribution in [0, 0.1) is 0 Å². The van der Waals surface area contributed by atoms with Crippen molar-refractivity contribution in [1.29, 1.82) is 0 Å². The highest BCUT2D eigenvalue weighted by Crippen LogP contribution is 2.38. The van der Waals surface area contributed by atoms with Gasteiger partial charge in [-0.2, -0.15) is 0 Å². The van der Waals surface area contributed by atoms with Crippen LogP contribution in [0.1, 0.15) is 0 Å². The van der Waals surface area contributed by atoms with E-state index in [0.717, 1.165) is 22.6 Å². The molecule has 5 nitrogen and oxygen atoms in total. The van der Waals surface area contributed by atoms with Crippen LogP contribution in [0.4, 0.5) is 0 Å². The summed E-state index contributed by atoms with van der Waals surface area (Å²) in [5.41, 5.74) is 1.97. The van der Waals surface area contributed by atoms with Crippen LogP contribution < -0.4 is 23.7 Å². The topological polar surface area (TPSA) is 46.2 Å². The normalized spacial score (nSPS) is 10.6. The van der Waals surface area contributed by atoms with E-state index in [1.807, 2.05) is 182 Å². The Morgan fingerprint density at radius 2 is 0.511 bits per heavy atom.